The molecule has 0 saturated carbocycles. The van der Waals surface area contributed by atoms with Crippen molar-refractivity contribution in [2.45, 2.75) is 39.2 Å². The van der Waals surface area contributed by atoms with Crippen LogP contribution in [-0.4, -0.2) is 33.6 Å². The highest BCUT2D eigenvalue weighted by Crippen LogP contribution is 2.27. The summed E-state index contributed by atoms with van der Waals surface area (Å²) in [6.07, 6.45) is 4.72. The van der Waals surface area contributed by atoms with Crippen molar-refractivity contribution in [2.24, 2.45) is 10.4 Å². The zero-order valence-electron chi connectivity index (χ0n) is 13.5. The van der Waals surface area contributed by atoms with E-state index >= 15 is 0 Å². The summed E-state index contributed by atoms with van der Waals surface area (Å²) in [5.74, 6) is 0.888. The Morgan fingerprint density at radius 3 is 2.64 bits per heavy atom. The van der Waals surface area contributed by atoms with Gasteiger partial charge in [0.1, 0.15) is 17.2 Å². The minimum Gasteiger partial charge on any atom is -0.383 e. The molecule has 6 heteroatoms. The van der Waals surface area contributed by atoms with E-state index in [1.807, 2.05) is 19.1 Å². The molecule has 0 spiro atoms. The van der Waals surface area contributed by atoms with E-state index in [4.69, 9.17) is 22.7 Å². The van der Waals surface area contributed by atoms with Gasteiger partial charge < -0.3 is 10.6 Å². The molecule has 2 atom stereocenters. The molecule has 1 rings (SSSR count). The number of amidine groups is 1. The fourth-order valence-electron chi connectivity index (χ4n) is 1.94. The molecule has 0 aromatic carbocycles. The Labute approximate surface area is 137 Å². The minimum absolute atomic E-state index is 0.0590. The molecular weight excluding hydrogens is 298 g/mol. The van der Waals surface area contributed by atoms with Gasteiger partial charge in [0.2, 0.25) is 0 Å². The molecule has 3 N–H and O–H groups in total. The number of alkyl halides is 1. The summed E-state index contributed by atoms with van der Waals surface area (Å²) in [5, 5.41) is 7.82. The highest BCUT2D eigenvalue weighted by atomic mass is 35.5. The van der Waals surface area contributed by atoms with Gasteiger partial charge in [-0.1, -0.05) is 31.5 Å². The van der Waals surface area contributed by atoms with Crippen molar-refractivity contribution in [2.75, 3.05) is 5.73 Å². The first-order valence-corrected chi connectivity index (χ1v) is 7.53. The van der Waals surface area contributed by atoms with Crippen molar-refractivity contribution in [3.63, 3.8) is 0 Å². The van der Waals surface area contributed by atoms with E-state index < -0.39 is 5.50 Å². The molecule has 0 radical (unpaired) electrons. The summed E-state index contributed by atoms with van der Waals surface area (Å²) in [7, 11) is 0. The first kappa shape index (κ1) is 18.2. The number of nitrogen functional groups attached to an aromatic ring is 1. The van der Waals surface area contributed by atoms with Crippen LogP contribution in [0.1, 0.15) is 33.3 Å². The molecule has 1 aromatic heterocycles. The van der Waals surface area contributed by atoms with Gasteiger partial charge in [0, 0.05) is 17.7 Å². The first-order chi connectivity index (χ1) is 10.2. The van der Waals surface area contributed by atoms with Gasteiger partial charge in [-0.25, -0.2) is 9.98 Å². The zero-order chi connectivity index (χ0) is 16.9. The lowest BCUT2D eigenvalue weighted by molar-refractivity contribution is 0.282. The molecule has 22 heavy (non-hydrogen) atoms. The monoisotopic (exact) mass is 321 g/mol. The van der Waals surface area contributed by atoms with Crippen LogP contribution in [0.4, 0.5) is 5.82 Å². The molecule has 0 aliphatic carbocycles. The molecule has 0 amide bonds. The predicted molar refractivity (Wildman–Crippen MR) is 94.6 cm³/mol. The van der Waals surface area contributed by atoms with Gasteiger partial charge in [-0.3, -0.25) is 5.41 Å². The molecule has 1 unspecified atom stereocenters. The lowest BCUT2D eigenvalue weighted by Gasteiger charge is -2.37. The SMILES string of the molecule is C=CC(C)(C)[C@@H](C)N(C=N)/C(=N\C(C)Cl)c1cccnc1N. The average Bonchev–Trinajstić information content (AvgIpc) is 2.47. The maximum Gasteiger partial charge on any atom is 0.141 e. The normalized spacial score (nSPS) is 15.0. The number of hydrogen-bond donors (Lipinski definition) is 2. The summed E-state index contributed by atoms with van der Waals surface area (Å²) in [4.78, 5) is 10.3. The van der Waals surface area contributed by atoms with E-state index in [9.17, 15) is 0 Å². The minimum atomic E-state index is -0.448. The van der Waals surface area contributed by atoms with Gasteiger partial charge in [-0.15, -0.1) is 6.58 Å². The third-order valence-corrected chi connectivity index (χ3v) is 3.88. The summed E-state index contributed by atoms with van der Waals surface area (Å²) in [6.45, 7) is 11.7. The largest absolute Gasteiger partial charge is 0.383 e. The molecule has 120 valence electrons. The number of nitrogens with one attached hydrogen (secondary N) is 1. The summed E-state index contributed by atoms with van der Waals surface area (Å²) in [5.41, 5.74) is 5.95. The van der Waals surface area contributed by atoms with E-state index in [2.05, 4.69) is 30.4 Å². The first-order valence-electron chi connectivity index (χ1n) is 7.09. The van der Waals surface area contributed by atoms with Crippen molar-refractivity contribution < 1.29 is 0 Å². The standard InChI is InChI=1S/C16H24ClN5/c1-6-16(4,5)11(2)22(10-18)15(21-12(3)17)13-8-7-9-20-14(13)19/h6-12,18H,1H2,2-5H3,(H2,19,20)/b18-10?,21-15-/t11-,12?/m1/s1. The highest BCUT2D eigenvalue weighted by Gasteiger charge is 2.30. The zero-order valence-corrected chi connectivity index (χ0v) is 14.3. The number of anilines is 1. The Bertz CT molecular complexity index is 565. The second-order valence-corrected chi connectivity index (χ2v) is 6.33. The quantitative estimate of drug-likeness (QED) is 0.277. The van der Waals surface area contributed by atoms with Crippen LogP contribution in [0.2, 0.25) is 0 Å². The third-order valence-electron chi connectivity index (χ3n) is 3.78. The summed E-state index contributed by atoms with van der Waals surface area (Å²) in [6, 6.07) is 3.55. The molecular formula is C16H24ClN5. The van der Waals surface area contributed by atoms with Crippen LogP contribution in [0.15, 0.2) is 36.0 Å². The number of rotatable bonds is 6. The Morgan fingerprint density at radius 2 is 2.18 bits per heavy atom. The summed E-state index contributed by atoms with van der Waals surface area (Å²) < 4.78 is 0. The molecule has 1 aromatic rings. The van der Waals surface area contributed by atoms with E-state index in [0.717, 1.165) is 0 Å². The van der Waals surface area contributed by atoms with Crippen LogP contribution in [0.5, 0.6) is 0 Å². The van der Waals surface area contributed by atoms with Crippen LogP contribution >= 0.6 is 11.6 Å². The Morgan fingerprint density at radius 1 is 1.55 bits per heavy atom. The van der Waals surface area contributed by atoms with Gasteiger partial charge in [0.15, 0.2) is 0 Å². The van der Waals surface area contributed by atoms with Crippen molar-refractivity contribution in [1.29, 1.82) is 5.41 Å². The third kappa shape index (κ3) is 4.07. The van der Waals surface area contributed by atoms with Crippen LogP contribution in [0, 0.1) is 10.8 Å². The number of nitrogens with zero attached hydrogens (tertiary/aromatic N) is 3. The van der Waals surface area contributed by atoms with E-state index in [1.165, 1.54) is 6.34 Å². The van der Waals surface area contributed by atoms with E-state index in [1.54, 1.807) is 24.1 Å². The maximum atomic E-state index is 7.82. The number of aromatic nitrogens is 1. The van der Waals surface area contributed by atoms with Crippen molar-refractivity contribution >= 4 is 29.6 Å². The van der Waals surface area contributed by atoms with Gasteiger partial charge in [-0.2, -0.15) is 0 Å². The highest BCUT2D eigenvalue weighted by molar-refractivity contribution is 6.21. The van der Waals surface area contributed by atoms with E-state index in [0.29, 0.717) is 17.2 Å². The Kier molecular flexibility index (Phi) is 6.11. The molecule has 0 aliphatic heterocycles. The maximum absolute atomic E-state index is 7.82. The van der Waals surface area contributed by atoms with Crippen molar-refractivity contribution in [1.82, 2.24) is 9.88 Å². The van der Waals surface area contributed by atoms with Crippen LogP contribution < -0.4 is 5.73 Å². The predicted octanol–water partition coefficient (Wildman–Crippen LogP) is 3.50. The topological polar surface area (TPSA) is 78.4 Å². The van der Waals surface area contributed by atoms with Crippen LogP contribution in [0.3, 0.4) is 0 Å². The number of aliphatic imine (C=N–C) groups is 1. The molecule has 0 bridgehead atoms. The lowest BCUT2D eigenvalue weighted by atomic mass is 9.84. The molecule has 5 nitrogen and oxygen atoms in total. The lowest BCUT2D eigenvalue weighted by Crippen LogP contribution is -2.46. The number of halogens is 1. The fourth-order valence-corrected chi connectivity index (χ4v) is 2.03. The second kappa shape index (κ2) is 7.40. The second-order valence-electron chi connectivity index (χ2n) is 5.70. The van der Waals surface area contributed by atoms with Gasteiger partial charge in [0.25, 0.3) is 0 Å². The van der Waals surface area contributed by atoms with Gasteiger partial charge in [-0.05, 0) is 26.0 Å². The average molecular weight is 322 g/mol. The Hall–Kier alpha value is -1.88. The van der Waals surface area contributed by atoms with Crippen molar-refractivity contribution in [3.05, 3.63) is 36.5 Å². The molecule has 0 fully saturated rings. The Balaban J connectivity index is 3.41. The summed E-state index contributed by atoms with van der Waals surface area (Å²) >= 11 is 6.06. The smallest absolute Gasteiger partial charge is 0.141 e. The van der Waals surface area contributed by atoms with E-state index in [-0.39, 0.29) is 11.5 Å². The number of nitrogens with two attached hydrogens (primary N) is 1. The van der Waals surface area contributed by atoms with Gasteiger partial charge in [0.05, 0.1) is 11.9 Å². The molecule has 1 heterocycles. The molecule has 0 saturated heterocycles. The number of hydrogen-bond acceptors (Lipinski definition) is 4. The molecule has 0 aliphatic rings. The number of pyridine rings is 1. The fraction of sp³-hybridized carbons (Fsp3) is 0.438. The van der Waals surface area contributed by atoms with Crippen LogP contribution in [-0.2, 0) is 0 Å². The van der Waals surface area contributed by atoms with Gasteiger partial charge >= 0.3 is 0 Å². The van der Waals surface area contributed by atoms with Crippen LogP contribution in [0.25, 0.3) is 0 Å². The van der Waals surface area contributed by atoms with Crippen molar-refractivity contribution in [3.8, 4) is 0 Å².